The lowest BCUT2D eigenvalue weighted by molar-refractivity contribution is 0.0949. The summed E-state index contributed by atoms with van der Waals surface area (Å²) < 4.78 is 5.60. The minimum Gasteiger partial charge on any atom is -0.490 e. The fourth-order valence-corrected chi connectivity index (χ4v) is 2.27. The van der Waals surface area contributed by atoms with Gasteiger partial charge in [-0.3, -0.25) is 9.78 Å². The monoisotopic (exact) mass is 284 g/mol. The minimum atomic E-state index is -0.204. The van der Waals surface area contributed by atoms with E-state index in [1.54, 1.807) is 6.20 Å². The third-order valence-corrected chi connectivity index (χ3v) is 3.29. The van der Waals surface area contributed by atoms with Crippen molar-refractivity contribution in [3.8, 4) is 5.75 Å². The van der Waals surface area contributed by atoms with Gasteiger partial charge in [0.15, 0.2) is 0 Å². The van der Waals surface area contributed by atoms with Crippen molar-refractivity contribution in [3.63, 3.8) is 0 Å². The van der Waals surface area contributed by atoms with Crippen LogP contribution < -0.4 is 15.0 Å². The second kappa shape index (κ2) is 6.21. The summed E-state index contributed by atoms with van der Waals surface area (Å²) in [4.78, 5) is 21.9. The van der Waals surface area contributed by atoms with Crippen LogP contribution in [0.25, 0.3) is 0 Å². The fourth-order valence-electron chi connectivity index (χ4n) is 2.27. The van der Waals surface area contributed by atoms with Crippen molar-refractivity contribution in [3.05, 3.63) is 48.5 Å². The Bertz CT molecular complexity index is 618. The summed E-state index contributed by atoms with van der Waals surface area (Å²) in [6.45, 7) is 2.75. The molecular weight excluding hydrogens is 268 g/mol. The number of hydrogen-bond acceptors (Lipinski definition) is 5. The Kier molecular flexibility index (Phi) is 3.95. The average Bonchev–Trinajstić information content (AvgIpc) is 2.56. The maximum atomic E-state index is 11.9. The van der Waals surface area contributed by atoms with Gasteiger partial charge in [-0.25, -0.2) is 4.98 Å². The number of anilines is 1. The molecule has 6 heteroatoms. The fraction of sp³-hybridized carbons (Fsp3) is 0.267. The molecular formula is C15H16N4O2. The molecule has 0 saturated carbocycles. The highest BCUT2D eigenvalue weighted by Crippen LogP contribution is 2.30. The van der Waals surface area contributed by atoms with E-state index in [9.17, 15) is 4.79 Å². The molecule has 1 aliphatic heterocycles. The van der Waals surface area contributed by atoms with Gasteiger partial charge in [-0.1, -0.05) is 12.1 Å². The van der Waals surface area contributed by atoms with Gasteiger partial charge in [-0.2, -0.15) is 0 Å². The van der Waals surface area contributed by atoms with Crippen molar-refractivity contribution in [1.82, 2.24) is 15.3 Å². The van der Waals surface area contributed by atoms with E-state index in [1.807, 2.05) is 24.3 Å². The molecule has 1 aromatic carbocycles. The summed E-state index contributed by atoms with van der Waals surface area (Å²) in [5, 5.41) is 2.85. The zero-order valence-electron chi connectivity index (χ0n) is 11.5. The Hall–Kier alpha value is -2.63. The number of amides is 1. The van der Waals surface area contributed by atoms with E-state index in [0.29, 0.717) is 18.8 Å². The van der Waals surface area contributed by atoms with E-state index in [-0.39, 0.29) is 5.91 Å². The Balaban J connectivity index is 1.56. The summed E-state index contributed by atoms with van der Waals surface area (Å²) in [6, 6.07) is 7.93. The van der Waals surface area contributed by atoms with Gasteiger partial charge < -0.3 is 15.0 Å². The summed E-state index contributed by atoms with van der Waals surface area (Å²) >= 11 is 0. The first kappa shape index (κ1) is 13.4. The largest absolute Gasteiger partial charge is 0.490 e. The van der Waals surface area contributed by atoms with Crippen molar-refractivity contribution in [1.29, 1.82) is 0 Å². The number of nitrogens with one attached hydrogen (secondary N) is 1. The maximum Gasteiger partial charge on any atom is 0.271 e. The van der Waals surface area contributed by atoms with Gasteiger partial charge in [0.1, 0.15) is 18.1 Å². The van der Waals surface area contributed by atoms with Crippen LogP contribution in [0.15, 0.2) is 42.9 Å². The average molecular weight is 284 g/mol. The molecule has 1 N–H and O–H groups in total. The molecule has 1 aromatic heterocycles. The SMILES string of the molecule is O=C(NCCN1CCOc2ccccc21)c1cnccn1. The summed E-state index contributed by atoms with van der Waals surface area (Å²) in [6.07, 6.45) is 4.51. The Morgan fingerprint density at radius 2 is 2.24 bits per heavy atom. The Labute approximate surface area is 122 Å². The number of nitrogens with zero attached hydrogens (tertiary/aromatic N) is 3. The van der Waals surface area contributed by atoms with Crippen molar-refractivity contribution in [2.45, 2.75) is 0 Å². The van der Waals surface area contributed by atoms with Crippen LogP contribution in [0.3, 0.4) is 0 Å². The lowest BCUT2D eigenvalue weighted by Gasteiger charge is -2.31. The molecule has 0 aliphatic carbocycles. The molecule has 0 atom stereocenters. The zero-order chi connectivity index (χ0) is 14.5. The van der Waals surface area contributed by atoms with Gasteiger partial charge in [-0.15, -0.1) is 0 Å². The van der Waals surface area contributed by atoms with Gasteiger partial charge in [0.25, 0.3) is 5.91 Å². The third kappa shape index (κ3) is 3.10. The molecule has 0 radical (unpaired) electrons. The number of ether oxygens (including phenoxy) is 1. The van der Waals surface area contributed by atoms with E-state index in [1.165, 1.54) is 12.4 Å². The number of benzene rings is 1. The molecule has 0 bridgehead atoms. The molecule has 1 aliphatic rings. The highest BCUT2D eigenvalue weighted by molar-refractivity contribution is 5.91. The molecule has 3 rings (SSSR count). The van der Waals surface area contributed by atoms with Crippen molar-refractivity contribution in [2.24, 2.45) is 0 Å². The molecule has 21 heavy (non-hydrogen) atoms. The van der Waals surface area contributed by atoms with E-state index < -0.39 is 0 Å². The summed E-state index contributed by atoms with van der Waals surface area (Å²) in [5.74, 6) is 0.689. The number of hydrogen-bond donors (Lipinski definition) is 1. The van der Waals surface area contributed by atoms with E-state index >= 15 is 0 Å². The smallest absolute Gasteiger partial charge is 0.271 e. The van der Waals surface area contributed by atoms with Crippen LogP contribution in [-0.4, -0.2) is 42.1 Å². The van der Waals surface area contributed by atoms with Gasteiger partial charge in [-0.05, 0) is 12.1 Å². The number of aromatic nitrogens is 2. The molecule has 0 fully saturated rings. The number of rotatable bonds is 4. The maximum absolute atomic E-state index is 11.9. The van der Waals surface area contributed by atoms with Crippen LogP contribution in [-0.2, 0) is 0 Å². The lowest BCUT2D eigenvalue weighted by Crippen LogP contribution is -2.39. The predicted molar refractivity (Wildman–Crippen MR) is 78.5 cm³/mol. The Morgan fingerprint density at radius 3 is 3.10 bits per heavy atom. The van der Waals surface area contributed by atoms with Crippen LogP contribution in [0, 0.1) is 0 Å². The highest BCUT2D eigenvalue weighted by atomic mass is 16.5. The van der Waals surface area contributed by atoms with Crippen molar-refractivity contribution in [2.75, 3.05) is 31.1 Å². The predicted octanol–water partition coefficient (Wildman–Crippen LogP) is 1.11. The first-order chi connectivity index (χ1) is 10.3. The van der Waals surface area contributed by atoms with Crippen LogP contribution in [0.4, 0.5) is 5.69 Å². The number of carbonyl (C=O) groups is 1. The molecule has 0 spiro atoms. The topological polar surface area (TPSA) is 67.4 Å². The second-order valence-corrected chi connectivity index (χ2v) is 4.65. The number of carbonyl (C=O) groups excluding carboxylic acids is 1. The molecule has 1 amide bonds. The molecule has 108 valence electrons. The van der Waals surface area contributed by atoms with Gasteiger partial charge in [0.2, 0.25) is 0 Å². The van der Waals surface area contributed by atoms with Crippen LogP contribution >= 0.6 is 0 Å². The molecule has 0 unspecified atom stereocenters. The summed E-state index contributed by atoms with van der Waals surface area (Å²) in [7, 11) is 0. The van der Waals surface area contributed by atoms with Crippen LogP contribution in [0.5, 0.6) is 5.75 Å². The van der Waals surface area contributed by atoms with Gasteiger partial charge in [0.05, 0.1) is 18.4 Å². The molecule has 6 nitrogen and oxygen atoms in total. The molecule has 0 saturated heterocycles. The van der Waals surface area contributed by atoms with E-state index in [0.717, 1.165) is 24.5 Å². The molecule has 2 heterocycles. The lowest BCUT2D eigenvalue weighted by atomic mass is 10.2. The Morgan fingerprint density at radius 1 is 1.33 bits per heavy atom. The van der Waals surface area contributed by atoms with E-state index in [2.05, 4.69) is 20.2 Å². The van der Waals surface area contributed by atoms with E-state index in [4.69, 9.17) is 4.74 Å². The first-order valence-electron chi connectivity index (χ1n) is 6.85. The standard InChI is InChI=1S/C15H16N4O2/c20-15(12-11-16-5-6-17-12)18-7-8-19-9-10-21-14-4-2-1-3-13(14)19/h1-6,11H,7-10H2,(H,18,20). The first-order valence-corrected chi connectivity index (χ1v) is 6.85. The van der Waals surface area contributed by atoms with Gasteiger partial charge in [0, 0.05) is 25.5 Å². The van der Waals surface area contributed by atoms with Crippen molar-refractivity contribution >= 4 is 11.6 Å². The quantitative estimate of drug-likeness (QED) is 0.911. The van der Waals surface area contributed by atoms with Crippen LogP contribution in [0.2, 0.25) is 0 Å². The number of para-hydroxylation sites is 2. The van der Waals surface area contributed by atoms with Crippen LogP contribution in [0.1, 0.15) is 10.5 Å². The summed E-state index contributed by atoms with van der Waals surface area (Å²) in [5.41, 5.74) is 1.40. The molecule has 2 aromatic rings. The second-order valence-electron chi connectivity index (χ2n) is 4.65. The zero-order valence-corrected chi connectivity index (χ0v) is 11.5. The minimum absolute atomic E-state index is 0.204. The number of fused-ring (bicyclic) bond motifs is 1. The third-order valence-electron chi connectivity index (χ3n) is 3.29. The highest BCUT2D eigenvalue weighted by Gasteiger charge is 2.17. The van der Waals surface area contributed by atoms with Crippen molar-refractivity contribution < 1.29 is 9.53 Å². The normalized spacial score (nSPS) is 13.2. The van der Waals surface area contributed by atoms with Gasteiger partial charge >= 0.3 is 0 Å².